The SMILES string of the molecule is COc1ccc(NC(=O)/C=C/c2ccc(OCC#N)cc2)cc1OC1CCCC1. The molecular weight excluding hydrogens is 368 g/mol. The van der Waals surface area contributed by atoms with E-state index in [0.717, 1.165) is 18.4 Å². The van der Waals surface area contributed by atoms with E-state index in [2.05, 4.69) is 5.32 Å². The maximum atomic E-state index is 12.3. The van der Waals surface area contributed by atoms with Gasteiger partial charge >= 0.3 is 0 Å². The molecule has 1 amide bonds. The van der Waals surface area contributed by atoms with Crippen molar-refractivity contribution in [3.05, 3.63) is 54.1 Å². The summed E-state index contributed by atoms with van der Waals surface area (Å²) in [5, 5.41) is 11.4. The van der Waals surface area contributed by atoms with Gasteiger partial charge in [-0.15, -0.1) is 0 Å². The third-order valence-corrected chi connectivity index (χ3v) is 4.64. The number of benzene rings is 2. The highest BCUT2D eigenvalue weighted by molar-refractivity contribution is 6.02. The number of nitrogens with zero attached hydrogens (tertiary/aromatic N) is 1. The Morgan fingerprint density at radius 3 is 2.62 bits per heavy atom. The van der Waals surface area contributed by atoms with Crippen molar-refractivity contribution in [2.45, 2.75) is 31.8 Å². The summed E-state index contributed by atoms with van der Waals surface area (Å²) < 4.78 is 16.6. The van der Waals surface area contributed by atoms with Gasteiger partial charge in [0.25, 0.3) is 0 Å². The summed E-state index contributed by atoms with van der Waals surface area (Å²) in [6, 6.07) is 14.4. The van der Waals surface area contributed by atoms with Crippen LogP contribution in [0.2, 0.25) is 0 Å². The predicted octanol–water partition coefficient (Wildman–Crippen LogP) is 4.57. The number of anilines is 1. The summed E-state index contributed by atoms with van der Waals surface area (Å²) in [6.07, 6.45) is 7.83. The van der Waals surface area contributed by atoms with Gasteiger partial charge in [-0.05, 0) is 61.6 Å². The van der Waals surface area contributed by atoms with Crippen molar-refractivity contribution < 1.29 is 19.0 Å². The highest BCUT2D eigenvalue weighted by Gasteiger charge is 2.18. The third kappa shape index (κ3) is 6.01. The lowest BCUT2D eigenvalue weighted by atomic mass is 10.2. The minimum atomic E-state index is -0.244. The van der Waals surface area contributed by atoms with Crippen LogP contribution in [0.15, 0.2) is 48.5 Å². The minimum absolute atomic E-state index is 0.00586. The zero-order valence-electron chi connectivity index (χ0n) is 16.4. The van der Waals surface area contributed by atoms with Crippen LogP contribution < -0.4 is 19.5 Å². The third-order valence-electron chi connectivity index (χ3n) is 4.64. The van der Waals surface area contributed by atoms with Crippen LogP contribution in [-0.2, 0) is 4.79 Å². The van der Waals surface area contributed by atoms with Crippen LogP contribution in [-0.4, -0.2) is 25.7 Å². The van der Waals surface area contributed by atoms with Crippen molar-refractivity contribution in [2.24, 2.45) is 0 Å². The van der Waals surface area contributed by atoms with E-state index < -0.39 is 0 Å². The first-order chi connectivity index (χ1) is 14.2. The molecule has 6 nitrogen and oxygen atoms in total. The number of nitriles is 1. The van der Waals surface area contributed by atoms with E-state index >= 15 is 0 Å². The first kappa shape index (κ1) is 20.3. The number of hydrogen-bond donors (Lipinski definition) is 1. The van der Waals surface area contributed by atoms with Crippen molar-refractivity contribution in [1.82, 2.24) is 0 Å². The largest absolute Gasteiger partial charge is 0.493 e. The molecule has 1 aliphatic carbocycles. The van der Waals surface area contributed by atoms with E-state index in [1.165, 1.54) is 18.9 Å². The molecule has 6 heteroatoms. The van der Waals surface area contributed by atoms with E-state index in [-0.39, 0.29) is 18.6 Å². The van der Waals surface area contributed by atoms with Gasteiger partial charge in [0, 0.05) is 17.8 Å². The molecule has 1 fully saturated rings. The maximum Gasteiger partial charge on any atom is 0.248 e. The number of hydrogen-bond acceptors (Lipinski definition) is 5. The van der Waals surface area contributed by atoms with Crippen molar-refractivity contribution in [3.63, 3.8) is 0 Å². The van der Waals surface area contributed by atoms with Gasteiger partial charge in [0.05, 0.1) is 13.2 Å². The second-order valence-corrected chi connectivity index (χ2v) is 6.73. The molecule has 150 valence electrons. The lowest BCUT2D eigenvalue weighted by Gasteiger charge is -2.17. The summed E-state index contributed by atoms with van der Waals surface area (Å²) in [7, 11) is 1.61. The normalized spacial score (nSPS) is 13.8. The molecule has 3 rings (SSSR count). The van der Waals surface area contributed by atoms with Crippen molar-refractivity contribution in [3.8, 4) is 23.3 Å². The van der Waals surface area contributed by atoms with E-state index in [9.17, 15) is 4.79 Å². The lowest BCUT2D eigenvalue weighted by Crippen LogP contribution is -2.12. The second-order valence-electron chi connectivity index (χ2n) is 6.73. The topological polar surface area (TPSA) is 80.6 Å². The Hall–Kier alpha value is -3.46. The minimum Gasteiger partial charge on any atom is -0.493 e. The number of carbonyl (C=O) groups is 1. The molecule has 0 saturated heterocycles. The molecule has 29 heavy (non-hydrogen) atoms. The Labute approximate surface area is 170 Å². The first-order valence-corrected chi connectivity index (χ1v) is 9.61. The summed E-state index contributed by atoms with van der Waals surface area (Å²) in [6.45, 7) is 0.00586. The summed E-state index contributed by atoms with van der Waals surface area (Å²) >= 11 is 0. The molecule has 0 aliphatic heterocycles. The number of carbonyl (C=O) groups excluding carboxylic acids is 1. The molecular formula is C23H24N2O4. The van der Waals surface area contributed by atoms with Crippen LogP contribution in [0.1, 0.15) is 31.2 Å². The Morgan fingerprint density at radius 1 is 1.17 bits per heavy atom. The second kappa shape index (κ2) is 10.2. The zero-order chi connectivity index (χ0) is 20.5. The molecule has 1 aliphatic rings. The molecule has 0 heterocycles. The average molecular weight is 392 g/mol. The van der Waals surface area contributed by atoms with Crippen LogP contribution in [0, 0.1) is 11.3 Å². The summed E-state index contributed by atoms with van der Waals surface area (Å²) in [4.78, 5) is 12.3. The van der Waals surface area contributed by atoms with Gasteiger partial charge in [-0.1, -0.05) is 12.1 Å². The van der Waals surface area contributed by atoms with Gasteiger partial charge < -0.3 is 19.5 Å². The number of nitrogens with one attached hydrogen (secondary N) is 1. The highest BCUT2D eigenvalue weighted by Crippen LogP contribution is 2.33. The molecule has 2 aromatic rings. The maximum absolute atomic E-state index is 12.3. The van der Waals surface area contributed by atoms with Crippen LogP contribution in [0.25, 0.3) is 6.08 Å². The fourth-order valence-electron chi connectivity index (χ4n) is 3.18. The molecule has 0 radical (unpaired) electrons. The van der Waals surface area contributed by atoms with Crippen molar-refractivity contribution in [1.29, 1.82) is 5.26 Å². The number of ether oxygens (including phenoxy) is 3. The van der Waals surface area contributed by atoms with Crippen LogP contribution in [0.5, 0.6) is 17.2 Å². The first-order valence-electron chi connectivity index (χ1n) is 9.61. The molecule has 0 aromatic heterocycles. The van der Waals surface area contributed by atoms with Gasteiger partial charge in [-0.2, -0.15) is 5.26 Å². The molecule has 0 unspecified atom stereocenters. The zero-order valence-corrected chi connectivity index (χ0v) is 16.4. The molecule has 1 saturated carbocycles. The Balaban J connectivity index is 1.60. The van der Waals surface area contributed by atoms with E-state index in [0.29, 0.717) is 22.9 Å². The average Bonchev–Trinajstić information content (AvgIpc) is 3.25. The molecule has 0 atom stereocenters. The van der Waals surface area contributed by atoms with E-state index in [4.69, 9.17) is 19.5 Å². The monoisotopic (exact) mass is 392 g/mol. The molecule has 1 N–H and O–H groups in total. The summed E-state index contributed by atoms with van der Waals surface area (Å²) in [5.74, 6) is 1.67. The van der Waals surface area contributed by atoms with Crippen LogP contribution in [0.4, 0.5) is 5.69 Å². The summed E-state index contributed by atoms with van der Waals surface area (Å²) in [5.41, 5.74) is 1.50. The molecule has 0 spiro atoms. The fraction of sp³-hybridized carbons (Fsp3) is 0.304. The Kier molecular flexibility index (Phi) is 7.12. The highest BCUT2D eigenvalue weighted by atomic mass is 16.5. The van der Waals surface area contributed by atoms with E-state index in [1.807, 2.05) is 18.2 Å². The molecule has 2 aromatic carbocycles. The van der Waals surface area contributed by atoms with Crippen molar-refractivity contribution in [2.75, 3.05) is 19.0 Å². The van der Waals surface area contributed by atoms with Crippen molar-refractivity contribution >= 4 is 17.7 Å². The number of amides is 1. The number of methoxy groups -OCH3 is 1. The van der Waals surface area contributed by atoms with Gasteiger partial charge in [-0.3, -0.25) is 4.79 Å². The Morgan fingerprint density at radius 2 is 1.93 bits per heavy atom. The van der Waals surface area contributed by atoms with Gasteiger partial charge in [0.1, 0.15) is 11.8 Å². The molecule has 0 bridgehead atoms. The van der Waals surface area contributed by atoms with Gasteiger partial charge in [0.15, 0.2) is 18.1 Å². The predicted molar refractivity (Wildman–Crippen MR) is 111 cm³/mol. The van der Waals surface area contributed by atoms with E-state index in [1.54, 1.807) is 43.5 Å². The van der Waals surface area contributed by atoms with Gasteiger partial charge in [-0.25, -0.2) is 0 Å². The standard InChI is InChI=1S/C23H24N2O4/c1-27-21-12-9-18(16-22(21)29-20-4-2-3-5-20)25-23(26)13-8-17-6-10-19(11-7-17)28-15-14-24/h6-13,16,20H,2-5,15H2,1H3,(H,25,26)/b13-8+. The number of rotatable bonds is 8. The van der Waals surface area contributed by atoms with Crippen LogP contribution >= 0.6 is 0 Å². The van der Waals surface area contributed by atoms with Crippen LogP contribution in [0.3, 0.4) is 0 Å². The quantitative estimate of drug-likeness (QED) is 0.666. The Bertz CT molecular complexity index is 894. The fourth-order valence-corrected chi connectivity index (χ4v) is 3.18. The lowest BCUT2D eigenvalue weighted by molar-refractivity contribution is -0.111. The smallest absolute Gasteiger partial charge is 0.248 e. The van der Waals surface area contributed by atoms with Gasteiger partial charge in [0.2, 0.25) is 5.91 Å².